The summed E-state index contributed by atoms with van der Waals surface area (Å²) in [5.41, 5.74) is 13.0. The number of thiophene rings is 1. The molecule has 1 heterocycles. The number of nitrogens with zero attached hydrogens (tertiary/aromatic N) is 1. The van der Waals surface area contributed by atoms with Crippen LogP contribution in [0.25, 0.3) is 74.7 Å². The van der Waals surface area contributed by atoms with Crippen molar-refractivity contribution in [2.45, 2.75) is 5.41 Å². The first-order valence-electron chi connectivity index (χ1n) is 21.7. The topological polar surface area (TPSA) is 3.24 Å². The maximum Gasteiger partial charge on any atom is 0.0713 e. The van der Waals surface area contributed by atoms with E-state index in [1.807, 2.05) is 11.3 Å². The van der Waals surface area contributed by atoms with Gasteiger partial charge in [-0.2, -0.15) is 0 Å². The van der Waals surface area contributed by atoms with Gasteiger partial charge < -0.3 is 4.90 Å². The van der Waals surface area contributed by atoms with Crippen molar-refractivity contribution in [3.8, 4) is 22.3 Å². The van der Waals surface area contributed by atoms with E-state index in [1.54, 1.807) is 0 Å². The van der Waals surface area contributed by atoms with E-state index in [9.17, 15) is 0 Å². The van der Waals surface area contributed by atoms with Gasteiger partial charge >= 0.3 is 0 Å². The Morgan fingerprint density at radius 1 is 0.286 bits per heavy atom. The first kappa shape index (κ1) is 35.9. The molecule has 13 rings (SSSR count). The quantitative estimate of drug-likeness (QED) is 0.151. The summed E-state index contributed by atoms with van der Waals surface area (Å²) in [7, 11) is 0. The molecule has 0 aliphatic heterocycles. The molecule has 12 aromatic rings. The lowest BCUT2D eigenvalue weighted by atomic mass is 9.68. The third-order valence-electron chi connectivity index (χ3n) is 13.5. The molecule has 0 radical (unpaired) electrons. The van der Waals surface area contributed by atoms with Crippen LogP contribution >= 0.6 is 11.3 Å². The molecule has 0 saturated carbocycles. The average molecular weight is 818 g/mol. The normalized spacial score (nSPS) is 12.9. The molecule has 1 aromatic heterocycles. The van der Waals surface area contributed by atoms with Crippen molar-refractivity contribution in [3.05, 3.63) is 259 Å². The standard InChI is InChI=1S/C61H39NS/c1-2-16-42(17-3-1)61(57-26-11-8-23-52(57)53-24-9-12-27-58(53)61)43-30-32-44(33-31-43)62(46-34-35-51-49-21-5-4-19-47(49)48-20-6-7-22-50(48)55(51)39-46)45-18-14-15-40(37-45)41-29-36-60-56(38-41)54-25-10-13-28-59(54)63-60/h1-39H. The molecule has 0 spiro atoms. The van der Waals surface area contributed by atoms with Crippen LogP contribution in [-0.2, 0) is 5.41 Å². The molecule has 0 bridgehead atoms. The van der Waals surface area contributed by atoms with Crippen molar-refractivity contribution in [3.63, 3.8) is 0 Å². The number of hydrogen-bond donors (Lipinski definition) is 0. The highest BCUT2D eigenvalue weighted by molar-refractivity contribution is 7.25. The summed E-state index contributed by atoms with van der Waals surface area (Å²) in [5.74, 6) is 0. The molecule has 0 amide bonds. The summed E-state index contributed by atoms with van der Waals surface area (Å²) in [6.45, 7) is 0. The minimum Gasteiger partial charge on any atom is -0.310 e. The molecule has 63 heavy (non-hydrogen) atoms. The minimum absolute atomic E-state index is 0.467. The second kappa shape index (κ2) is 14.1. The highest BCUT2D eigenvalue weighted by Crippen LogP contribution is 2.56. The number of fused-ring (bicyclic) bond motifs is 12. The van der Waals surface area contributed by atoms with Crippen LogP contribution in [-0.4, -0.2) is 0 Å². The van der Waals surface area contributed by atoms with E-state index in [0.717, 1.165) is 17.1 Å². The van der Waals surface area contributed by atoms with Gasteiger partial charge in [-0.15, -0.1) is 11.3 Å². The fourth-order valence-corrected chi connectivity index (χ4v) is 11.9. The van der Waals surface area contributed by atoms with Crippen molar-refractivity contribution in [1.29, 1.82) is 0 Å². The summed E-state index contributed by atoms with van der Waals surface area (Å²) in [4.78, 5) is 2.45. The minimum atomic E-state index is -0.467. The smallest absolute Gasteiger partial charge is 0.0713 e. The van der Waals surface area contributed by atoms with E-state index >= 15 is 0 Å². The molecule has 11 aromatic carbocycles. The Balaban J connectivity index is 1.02. The molecule has 0 saturated heterocycles. The Hall–Kier alpha value is -7.78. The van der Waals surface area contributed by atoms with Crippen LogP contribution in [0.2, 0.25) is 0 Å². The highest BCUT2D eigenvalue weighted by atomic mass is 32.1. The van der Waals surface area contributed by atoms with E-state index in [0.29, 0.717) is 0 Å². The van der Waals surface area contributed by atoms with E-state index in [1.165, 1.54) is 97.0 Å². The number of hydrogen-bond acceptors (Lipinski definition) is 2. The van der Waals surface area contributed by atoms with E-state index in [-0.39, 0.29) is 0 Å². The Morgan fingerprint density at radius 3 is 1.49 bits per heavy atom. The second-order valence-electron chi connectivity index (χ2n) is 16.8. The van der Waals surface area contributed by atoms with Gasteiger partial charge in [-0.25, -0.2) is 0 Å². The predicted octanol–water partition coefficient (Wildman–Crippen LogP) is 17.0. The lowest BCUT2D eigenvalue weighted by Crippen LogP contribution is -2.28. The van der Waals surface area contributed by atoms with Crippen LogP contribution in [0.3, 0.4) is 0 Å². The molecule has 1 nitrogen and oxygen atoms in total. The fraction of sp³-hybridized carbons (Fsp3) is 0.0164. The van der Waals surface area contributed by atoms with Crippen molar-refractivity contribution in [2.75, 3.05) is 4.90 Å². The monoisotopic (exact) mass is 817 g/mol. The fourth-order valence-electron chi connectivity index (χ4n) is 10.8. The molecule has 0 atom stereocenters. The van der Waals surface area contributed by atoms with Crippen LogP contribution in [0.4, 0.5) is 17.1 Å². The molecule has 0 unspecified atom stereocenters. The van der Waals surface area contributed by atoms with E-state index in [4.69, 9.17) is 0 Å². The van der Waals surface area contributed by atoms with Gasteiger partial charge in [-0.3, -0.25) is 0 Å². The maximum atomic E-state index is 2.45. The van der Waals surface area contributed by atoms with Crippen LogP contribution < -0.4 is 4.90 Å². The Kier molecular flexibility index (Phi) is 8.06. The van der Waals surface area contributed by atoms with Gasteiger partial charge in [0.05, 0.1) is 5.41 Å². The van der Waals surface area contributed by atoms with Crippen molar-refractivity contribution < 1.29 is 0 Å². The highest BCUT2D eigenvalue weighted by Gasteiger charge is 2.45. The molecule has 0 fully saturated rings. The zero-order chi connectivity index (χ0) is 41.5. The maximum absolute atomic E-state index is 2.45. The van der Waals surface area contributed by atoms with Gasteiger partial charge in [0.1, 0.15) is 0 Å². The zero-order valence-electron chi connectivity index (χ0n) is 34.4. The molecule has 294 valence electrons. The number of rotatable bonds is 6. The Labute approximate surface area is 370 Å². The zero-order valence-corrected chi connectivity index (χ0v) is 35.2. The van der Waals surface area contributed by atoms with E-state index < -0.39 is 5.41 Å². The van der Waals surface area contributed by atoms with Gasteiger partial charge in [0.15, 0.2) is 0 Å². The largest absolute Gasteiger partial charge is 0.310 e. The predicted molar refractivity (Wildman–Crippen MR) is 269 cm³/mol. The first-order chi connectivity index (χ1) is 31.2. The van der Waals surface area contributed by atoms with Crippen molar-refractivity contribution in [2.24, 2.45) is 0 Å². The van der Waals surface area contributed by atoms with Gasteiger partial charge in [0.25, 0.3) is 0 Å². The first-order valence-corrected chi connectivity index (χ1v) is 22.6. The summed E-state index contributed by atoms with van der Waals surface area (Å²) in [5, 5.41) is 10.2. The summed E-state index contributed by atoms with van der Waals surface area (Å²) in [6, 6.07) is 87.9. The molecule has 1 aliphatic carbocycles. The van der Waals surface area contributed by atoms with Gasteiger partial charge in [0.2, 0.25) is 0 Å². The summed E-state index contributed by atoms with van der Waals surface area (Å²) in [6.07, 6.45) is 0. The molecule has 2 heteroatoms. The SMILES string of the molecule is c1ccc(C2(c3ccc(N(c4cccc(-c5ccc6sc7ccccc7c6c5)c4)c4ccc5c6ccccc6c6ccccc6c5c4)cc3)c3ccccc3-c3ccccc32)cc1. The van der Waals surface area contributed by atoms with Crippen LogP contribution in [0.5, 0.6) is 0 Å². The number of benzene rings is 11. The molecule has 0 N–H and O–H groups in total. The number of anilines is 3. The van der Waals surface area contributed by atoms with Gasteiger partial charge in [0, 0.05) is 37.2 Å². The third-order valence-corrected chi connectivity index (χ3v) is 14.7. The van der Waals surface area contributed by atoms with Crippen LogP contribution in [0.15, 0.2) is 237 Å². The van der Waals surface area contributed by atoms with Crippen molar-refractivity contribution in [1.82, 2.24) is 0 Å². The molecular weight excluding hydrogens is 779 g/mol. The lowest BCUT2D eigenvalue weighted by Gasteiger charge is -2.34. The molecular formula is C61H39NS. The van der Waals surface area contributed by atoms with E-state index in [2.05, 4.69) is 241 Å². The van der Waals surface area contributed by atoms with Gasteiger partial charge in [-0.05, 0) is 131 Å². The summed E-state index contributed by atoms with van der Waals surface area (Å²) < 4.78 is 2.64. The summed E-state index contributed by atoms with van der Waals surface area (Å²) >= 11 is 1.86. The van der Waals surface area contributed by atoms with Crippen molar-refractivity contribution >= 4 is 80.9 Å². The average Bonchev–Trinajstić information content (AvgIpc) is 3.88. The Bertz CT molecular complexity index is 3670. The van der Waals surface area contributed by atoms with Crippen LogP contribution in [0, 0.1) is 0 Å². The molecule has 1 aliphatic rings. The third kappa shape index (κ3) is 5.42. The van der Waals surface area contributed by atoms with Gasteiger partial charge in [-0.1, -0.05) is 182 Å². The van der Waals surface area contributed by atoms with Crippen LogP contribution in [0.1, 0.15) is 22.3 Å². The lowest BCUT2D eigenvalue weighted by molar-refractivity contribution is 0.768. The second-order valence-corrected chi connectivity index (χ2v) is 17.9. The Morgan fingerprint density at radius 2 is 0.794 bits per heavy atom.